The molecule has 5 nitrogen and oxygen atoms in total. The highest BCUT2D eigenvalue weighted by molar-refractivity contribution is 6.32. The fraction of sp³-hybridized carbons (Fsp3) is 0.111. The van der Waals surface area contributed by atoms with E-state index in [9.17, 15) is 9.59 Å². The molecule has 0 bridgehead atoms. The van der Waals surface area contributed by atoms with E-state index in [1.165, 1.54) is 13.0 Å². The minimum absolute atomic E-state index is 0.136. The zero-order chi connectivity index (χ0) is 17.1. The third-order valence-electron chi connectivity index (χ3n) is 3.34. The maximum absolute atomic E-state index is 12.3. The van der Waals surface area contributed by atoms with Crippen molar-refractivity contribution in [1.29, 1.82) is 0 Å². The molecule has 0 aromatic heterocycles. The van der Waals surface area contributed by atoms with E-state index in [0.717, 1.165) is 5.56 Å². The Morgan fingerprint density at radius 1 is 1.21 bits per heavy atom. The van der Waals surface area contributed by atoms with Gasteiger partial charge in [-0.25, -0.2) is 0 Å². The van der Waals surface area contributed by atoms with Crippen LogP contribution in [0, 0.1) is 0 Å². The number of halogens is 1. The lowest BCUT2D eigenvalue weighted by atomic mass is 10.1. The summed E-state index contributed by atoms with van der Waals surface area (Å²) in [5, 5.41) is 3.08. The van der Waals surface area contributed by atoms with E-state index in [4.69, 9.17) is 21.1 Å². The Balaban J connectivity index is 1.78. The zero-order valence-electron chi connectivity index (χ0n) is 12.8. The molecule has 6 heteroatoms. The predicted octanol–water partition coefficient (Wildman–Crippen LogP) is 3.92. The van der Waals surface area contributed by atoms with Gasteiger partial charge in [0.25, 0.3) is 0 Å². The van der Waals surface area contributed by atoms with Crippen molar-refractivity contribution in [1.82, 2.24) is 0 Å². The van der Waals surface area contributed by atoms with E-state index in [1.54, 1.807) is 42.5 Å². The van der Waals surface area contributed by atoms with Crippen LogP contribution in [0.15, 0.2) is 42.5 Å². The number of hydrogen-bond donors (Lipinski definition) is 1. The van der Waals surface area contributed by atoms with Crippen molar-refractivity contribution in [2.24, 2.45) is 0 Å². The highest BCUT2D eigenvalue weighted by Gasteiger charge is 2.17. The smallest absolute Gasteiger partial charge is 0.231 e. The molecule has 24 heavy (non-hydrogen) atoms. The molecule has 0 saturated carbocycles. The SMILES string of the molecule is CC(=O)Nc1cccc(C(=O)/C=C/c2cc(Cl)c3c(c2)OCO3)c1. The Hall–Kier alpha value is -2.79. The first-order chi connectivity index (χ1) is 11.5. The molecule has 0 spiro atoms. The Morgan fingerprint density at radius 3 is 2.83 bits per heavy atom. The number of allylic oxidation sites excluding steroid dienone is 1. The summed E-state index contributed by atoms with van der Waals surface area (Å²) in [4.78, 5) is 23.4. The first-order valence-electron chi connectivity index (χ1n) is 7.22. The topological polar surface area (TPSA) is 64.6 Å². The van der Waals surface area contributed by atoms with E-state index in [-0.39, 0.29) is 18.5 Å². The number of benzene rings is 2. The summed E-state index contributed by atoms with van der Waals surface area (Å²) in [6, 6.07) is 10.2. The largest absolute Gasteiger partial charge is 0.454 e. The lowest BCUT2D eigenvalue weighted by molar-refractivity contribution is -0.114. The van der Waals surface area contributed by atoms with E-state index >= 15 is 0 Å². The first kappa shape index (κ1) is 16.1. The van der Waals surface area contributed by atoms with Gasteiger partial charge in [0.1, 0.15) is 0 Å². The molecular formula is C18H14ClNO4. The number of carbonyl (C=O) groups is 2. The molecule has 0 unspecified atom stereocenters. The van der Waals surface area contributed by atoms with Gasteiger partial charge in [0.15, 0.2) is 17.3 Å². The van der Waals surface area contributed by atoms with Crippen LogP contribution in [0.5, 0.6) is 11.5 Å². The Morgan fingerprint density at radius 2 is 2.04 bits per heavy atom. The molecule has 0 atom stereocenters. The highest BCUT2D eigenvalue weighted by atomic mass is 35.5. The van der Waals surface area contributed by atoms with Gasteiger partial charge in [-0.2, -0.15) is 0 Å². The van der Waals surface area contributed by atoms with Crippen molar-refractivity contribution in [3.05, 3.63) is 58.6 Å². The number of rotatable bonds is 4. The Labute approximate surface area is 143 Å². The summed E-state index contributed by atoms with van der Waals surface area (Å²) in [5.74, 6) is 0.701. The highest BCUT2D eigenvalue weighted by Crippen LogP contribution is 2.40. The normalized spacial score (nSPS) is 12.4. The lowest BCUT2D eigenvalue weighted by Gasteiger charge is -2.03. The average Bonchev–Trinajstić information content (AvgIpc) is 3.01. The molecule has 2 aromatic rings. The van der Waals surface area contributed by atoms with Crippen LogP contribution in [0.3, 0.4) is 0 Å². The number of ether oxygens (including phenoxy) is 2. The number of ketones is 1. The molecule has 1 N–H and O–H groups in total. The van der Waals surface area contributed by atoms with Crippen molar-refractivity contribution in [3.8, 4) is 11.5 Å². The van der Waals surface area contributed by atoms with Gasteiger partial charge >= 0.3 is 0 Å². The van der Waals surface area contributed by atoms with Crippen molar-refractivity contribution in [2.75, 3.05) is 12.1 Å². The molecule has 0 saturated heterocycles. The number of hydrogen-bond acceptors (Lipinski definition) is 4. The van der Waals surface area contributed by atoms with Gasteiger partial charge in [0.2, 0.25) is 12.7 Å². The van der Waals surface area contributed by atoms with Crippen molar-refractivity contribution >= 4 is 35.1 Å². The van der Waals surface area contributed by atoms with Gasteiger partial charge in [0.05, 0.1) is 5.02 Å². The monoisotopic (exact) mass is 343 g/mol. The minimum atomic E-state index is -0.190. The second-order valence-corrected chi connectivity index (χ2v) is 5.60. The van der Waals surface area contributed by atoms with Gasteiger partial charge in [-0.1, -0.05) is 29.8 Å². The summed E-state index contributed by atoms with van der Waals surface area (Å²) in [5.41, 5.74) is 1.79. The molecule has 1 aliphatic heterocycles. The fourth-order valence-electron chi connectivity index (χ4n) is 2.31. The van der Waals surface area contributed by atoms with Gasteiger partial charge in [0, 0.05) is 18.2 Å². The minimum Gasteiger partial charge on any atom is -0.454 e. The molecule has 0 aliphatic carbocycles. The first-order valence-corrected chi connectivity index (χ1v) is 7.60. The third-order valence-corrected chi connectivity index (χ3v) is 3.62. The van der Waals surface area contributed by atoms with E-state index in [2.05, 4.69) is 5.32 Å². The number of anilines is 1. The van der Waals surface area contributed by atoms with Gasteiger partial charge < -0.3 is 14.8 Å². The van der Waals surface area contributed by atoms with E-state index in [0.29, 0.717) is 27.8 Å². The molecule has 0 fully saturated rings. The van der Waals surface area contributed by atoms with Crippen LogP contribution in [0.1, 0.15) is 22.8 Å². The molecule has 1 aliphatic rings. The molecule has 122 valence electrons. The molecule has 1 heterocycles. The van der Waals surface area contributed by atoms with E-state index < -0.39 is 0 Å². The third kappa shape index (κ3) is 3.58. The zero-order valence-corrected chi connectivity index (χ0v) is 13.6. The van der Waals surface area contributed by atoms with Crippen LogP contribution in [0.2, 0.25) is 5.02 Å². The number of nitrogens with one attached hydrogen (secondary N) is 1. The van der Waals surface area contributed by atoms with Crippen molar-refractivity contribution < 1.29 is 19.1 Å². The number of amides is 1. The number of fused-ring (bicyclic) bond motifs is 1. The summed E-state index contributed by atoms with van der Waals surface area (Å²) in [7, 11) is 0. The summed E-state index contributed by atoms with van der Waals surface area (Å²) >= 11 is 6.11. The quantitative estimate of drug-likeness (QED) is 0.675. The lowest BCUT2D eigenvalue weighted by Crippen LogP contribution is -2.06. The Kier molecular flexibility index (Phi) is 4.53. The van der Waals surface area contributed by atoms with Crippen LogP contribution < -0.4 is 14.8 Å². The standard InChI is InChI=1S/C18H14ClNO4/c1-11(21)20-14-4-2-3-13(9-14)16(22)6-5-12-7-15(19)18-17(8-12)23-10-24-18/h2-9H,10H2,1H3,(H,20,21)/b6-5+. The number of carbonyl (C=O) groups excluding carboxylic acids is 2. The van der Waals surface area contributed by atoms with Crippen LogP contribution >= 0.6 is 11.6 Å². The summed E-state index contributed by atoms with van der Waals surface area (Å²) in [6.45, 7) is 1.55. The molecule has 3 rings (SSSR count). The second-order valence-electron chi connectivity index (χ2n) is 5.20. The van der Waals surface area contributed by atoms with E-state index in [1.807, 2.05) is 0 Å². The van der Waals surface area contributed by atoms with Crippen LogP contribution in [-0.2, 0) is 4.79 Å². The average molecular weight is 344 g/mol. The van der Waals surface area contributed by atoms with Crippen molar-refractivity contribution in [2.45, 2.75) is 6.92 Å². The summed E-state index contributed by atoms with van der Waals surface area (Å²) in [6.07, 6.45) is 3.10. The van der Waals surface area contributed by atoms with Crippen LogP contribution in [0.25, 0.3) is 6.08 Å². The molecular weight excluding hydrogens is 330 g/mol. The fourth-order valence-corrected chi connectivity index (χ4v) is 2.58. The second kappa shape index (κ2) is 6.76. The molecule has 0 radical (unpaired) electrons. The predicted molar refractivity (Wildman–Crippen MR) is 91.7 cm³/mol. The Bertz CT molecular complexity index is 845. The van der Waals surface area contributed by atoms with Gasteiger partial charge in [-0.3, -0.25) is 9.59 Å². The molecule has 2 aromatic carbocycles. The van der Waals surface area contributed by atoms with Gasteiger partial charge in [-0.15, -0.1) is 0 Å². The van der Waals surface area contributed by atoms with Gasteiger partial charge in [-0.05, 0) is 35.9 Å². The van der Waals surface area contributed by atoms with Crippen LogP contribution in [0.4, 0.5) is 5.69 Å². The van der Waals surface area contributed by atoms with Crippen molar-refractivity contribution in [3.63, 3.8) is 0 Å². The molecule has 1 amide bonds. The maximum atomic E-state index is 12.3. The van der Waals surface area contributed by atoms with Crippen LogP contribution in [-0.4, -0.2) is 18.5 Å². The maximum Gasteiger partial charge on any atom is 0.231 e. The summed E-state index contributed by atoms with van der Waals surface area (Å²) < 4.78 is 10.5.